The van der Waals surface area contributed by atoms with Gasteiger partial charge in [-0.2, -0.15) is 0 Å². The van der Waals surface area contributed by atoms with E-state index in [2.05, 4.69) is 9.97 Å². The molecule has 0 spiro atoms. The molecule has 2 heterocycles. The largest absolute Gasteiger partial charge is 0.491 e. The Morgan fingerprint density at radius 1 is 0.952 bits per heavy atom. The summed E-state index contributed by atoms with van der Waals surface area (Å²) in [5, 5.41) is 0. The molecule has 6 rings (SSSR count). The fraction of sp³-hybridized carbons (Fsp3) is 0.212. The average Bonchev–Trinajstić information content (AvgIpc) is 3.31. The summed E-state index contributed by atoms with van der Waals surface area (Å²) in [6, 6.07) is 23.2. The van der Waals surface area contributed by atoms with Crippen LogP contribution in [0.2, 0.25) is 0 Å². The van der Waals surface area contributed by atoms with Gasteiger partial charge in [-0.3, -0.25) is 4.79 Å². The molecule has 0 saturated heterocycles. The van der Waals surface area contributed by atoms with Gasteiger partial charge in [0.15, 0.2) is 9.84 Å². The Balaban J connectivity index is 1.25. The van der Waals surface area contributed by atoms with Crippen LogP contribution in [-0.4, -0.2) is 48.1 Å². The summed E-state index contributed by atoms with van der Waals surface area (Å²) in [7, 11) is -3.37. The van der Waals surface area contributed by atoms with E-state index < -0.39 is 9.84 Å². The standard InChI is InChI=1S/C33H30FN3O4S/c1-3-21-18-27(42(39,40)4-2)11-12-28(21)33(38)37-15-16-41-31-14-9-24(17-25(31)20-37)22-5-7-23(8-6-22)32-35-29-13-10-26(34)19-30(29)36-32/h5-14,17-19H,3-4,15-16,20H2,1-2H3,(H,35,36). The molecular weight excluding hydrogens is 553 g/mol. The third-order valence-corrected chi connectivity index (χ3v) is 9.42. The van der Waals surface area contributed by atoms with Gasteiger partial charge in [-0.15, -0.1) is 0 Å². The number of rotatable bonds is 6. The normalized spacial score (nSPS) is 13.5. The van der Waals surface area contributed by atoms with Gasteiger partial charge in [0.25, 0.3) is 5.91 Å². The van der Waals surface area contributed by atoms with Crippen molar-refractivity contribution in [2.24, 2.45) is 0 Å². The first-order valence-corrected chi connectivity index (χ1v) is 15.6. The van der Waals surface area contributed by atoms with Crippen molar-refractivity contribution in [2.45, 2.75) is 31.7 Å². The topological polar surface area (TPSA) is 92.4 Å². The van der Waals surface area contributed by atoms with Gasteiger partial charge in [0.1, 0.15) is 24.0 Å². The van der Waals surface area contributed by atoms with Crippen molar-refractivity contribution in [1.82, 2.24) is 14.9 Å². The van der Waals surface area contributed by atoms with Crippen LogP contribution in [0, 0.1) is 5.82 Å². The Kier molecular flexibility index (Phi) is 7.28. The number of hydrogen-bond acceptors (Lipinski definition) is 5. The maximum atomic E-state index is 13.7. The van der Waals surface area contributed by atoms with E-state index >= 15 is 0 Å². The van der Waals surface area contributed by atoms with E-state index in [0.717, 1.165) is 33.5 Å². The monoisotopic (exact) mass is 583 g/mol. The number of aromatic nitrogens is 2. The molecule has 0 atom stereocenters. The summed E-state index contributed by atoms with van der Waals surface area (Å²) >= 11 is 0. The van der Waals surface area contributed by atoms with Gasteiger partial charge in [0.05, 0.1) is 28.2 Å². The number of imidazole rings is 1. The number of aromatic amines is 1. The fourth-order valence-corrected chi connectivity index (χ4v) is 6.22. The summed E-state index contributed by atoms with van der Waals surface area (Å²) in [6.45, 7) is 4.67. The molecule has 1 aliphatic heterocycles. The lowest BCUT2D eigenvalue weighted by atomic mass is 10.00. The highest BCUT2D eigenvalue weighted by molar-refractivity contribution is 7.91. The zero-order chi connectivity index (χ0) is 29.4. The highest BCUT2D eigenvalue weighted by Crippen LogP contribution is 2.32. The Labute approximate surface area is 243 Å². The number of halogens is 1. The van der Waals surface area contributed by atoms with Gasteiger partial charge in [-0.25, -0.2) is 17.8 Å². The van der Waals surface area contributed by atoms with Gasteiger partial charge in [0, 0.05) is 29.3 Å². The average molecular weight is 584 g/mol. The number of carbonyl (C=O) groups is 1. The van der Waals surface area contributed by atoms with Crippen LogP contribution in [0.1, 0.15) is 35.3 Å². The maximum absolute atomic E-state index is 13.7. The highest BCUT2D eigenvalue weighted by atomic mass is 32.2. The molecule has 0 fully saturated rings. The van der Waals surface area contributed by atoms with E-state index in [4.69, 9.17) is 4.74 Å². The third-order valence-electron chi connectivity index (χ3n) is 7.69. The molecule has 7 nitrogen and oxygen atoms in total. The molecule has 9 heteroatoms. The molecule has 0 radical (unpaired) electrons. The summed E-state index contributed by atoms with van der Waals surface area (Å²) in [6.07, 6.45) is 0.542. The molecule has 0 bridgehead atoms. The van der Waals surface area contributed by atoms with Gasteiger partial charge < -0.3 is 14.6 Å². The number of aryl methyl sites for hydroxylation is 1. The van der Waals surface area contributed by atoms with E-state index in [0.29, 0.717) is 48.6 Å². The number of carbonyl (C=O) groups excluding carboxylic acids is 1. The van der Waals surface area contributed by atoms with E-state index in [1.54, 1.807) is 30.0 Å². The molecule has 0 unspecified atom stereocenters. The van der Waals surface area contributed by atoms with Crippen LogP contribution in [0.4, 0.5) is 4.39 Å². The van der Waals surface area contributed by atoms with Crippen molar-refractivity contribution in [1.29, 1.82) is 0 Å². The zero-order valence-corrected chi connectivity index (χ0v) is 24.2. The summed E-state index contributed by atoms with van der Waals surface area (Å²) in [4.78, 5) is 23.4. The second-order valence-corrected chi connectivity index (χ2v) is 12.6. The van der Waals surface area contributed by atoms with Gasteiger partial charge >= 0.3 is 0 Å². The molecular formula is C33H30FN3O4S. The summed E-state index contributed by atoms with van der Waals surface area (Å²) in [5.41, 5.74) is 6.32. The predicted octanol–water partition coefficient (Wildman–Crippen LogP) is 6.43. The highest BCUT2D eigenvalue weighted by Gasteiger charge is 2.24. The number of H-pyrrole nitrogens is 1. The van der Waals surface area contributed by atoms with Crippen LogP contribution in [0.3, 0.4) is 0 Å². The van der Waals surface area contributed by atoms with Crippen molar-refractivity contribution >= 4 is 26.8 Å². The first-order valence-electron chi connectivity index (χ1n) is 13.9. The maximum Gasteiger partial charge on any atom is 0.254 e. The first kappa shape index (κ1) is 27.7. The van der Waals surface area contributed by atoms with Crippen molar-refractivity contribution < 1.29 is 22.3 Å². The number of sulfone groups is 1. The quantitative estimate of drug-likeness (QED) is 0.249. The summed E-state index contributed by atoms with van der Waals surface area (Å²) < 4.78 is 44.4. The molecule has 1 amide bonds. The smallest absolute Gasteiger partial charge is 0.254 e. The zero-order valence-electron chi connectivity index (χ0n) is 23.4. The van der Waals surface area contributed by atoms with Crippen LogP contribution in [0.15, 0.2) is 83.8 Å². The Bertz CT molecular complexity index is 1920. The fourth-order valence-electron chi connectivity index (χ4n) is 5.29. The van der Waals surface area contributed by atoms with Gasteiger partial charge in [0.2, 0.25) is 0 Å². The second kappa shape index (κ2) is 11.1. The van der Waals surface area contributed by atoms with Crippen molar-refractivity contribution in [3.63, 3.8) is 0 Å². The second-order valence-electron chi connectivity index (χ2n) is 10.3. The molecule has 42 heavy (non-hydrogen) atoms. The van der Waals surface area contributed by atoms with Gasteiger partial charge in [-0.05, 0) is 65.6 Å². The molecule has 4 aromatic carbocycles. The number of fused-ring (bicyclic) bond motifs is 2. The van der Waals surface area contributed by atoms with Crippen molar-refractivity contribution in [2.75, 3.05) is 18.9 Å². The molecule has 0 aliphatic carbocycles. The molecule has 5 aromatic rings. The minimum Gasteiger partial charge on any atom is -0.491 e. The molecule has 1 aliphatic rings. The Hall–Kier alpha value is -4.50. The van der Waals surface area contributed by atoms with Crippen molar-refractivity contribution in [3.8, 4) is 28.3 Å². The van der Waals surface area contributed by atoms with Crippen LogP contribution in [-0.2, 0) is 22.8 Å². The van der Waals surface area contributed by atoms with E-state index in [-0.39, 0.29) is 22.4 Å². The number of nitrogens with zero attached hydrogens (tertiary/aromatic N) is 2. The number of benzene rings is 4. The van der Waals surface area contributed by atoms with E-state index in [9.17, 15) is 17.6 Å². The minimum atomic E-state index is -3.37. The molecule has 1 aromatic heterocycles. The van der Waals surface area contributed by atoms with Crippen LogP contribution < -0.4 is 4.74 Å². The van der Waals surface area contributed by atoms with Crippen LogP contribution in [0.5, 0.6) is 5.75 Å². The number of amides is 1. The van der Waals surface area contributed by atoms with Crippen LogP contribution >= 0.6 is 0 Å². The van der Waals surface area contributed by atoms with E-state index in [1.165, 1.54) is 18.2 Å². The van der Waals surface area contributed by atoms with Crippen LogP contribution in [0.25, 0.3) is 33.5 Å². The van der Waals surface area contributed by atoms with Gasteiger partial charge in [-0.1, -0.05) is 44.2 Å². The third kappa shape index (κ3) is 5.27. The molecule has 214 valence electrons. The minimum absolute atomic E-state index is 0.00981. The SMILES string of the molecule is CCc1cc(S(=O)(=O)CC)ccc1C(=O)N1CCOc2ccc(-c3ccc(-c4nc5cc(F)ccc5[nH]4)cc3)cc2C1. The number of nitrogens with one attached hydrogen (secondary N) is 1. The molecule has 1 N–H and O–H groups in total. The first-order chi connectivity index (χ1) is 20.3. The summed E-state index contributed by atoms with van der Waals surface area (Å²) in [5.74, 6) is 0.938. The lowest BCUT2D eigenvalue weighted by molar-refractivity contribution is 0.0732. The number of ether oxygens (including phenoxy) is 1. The Morgan fingerprint density at radius 3 is 2.48 bits per heavy atom. The lowest BCUT2D eigenvalue weighted by Crippen LogP contribution is -2.33. The van der Waals surface area contributed by atoms with E-state index in [1.807, 2.05) is 49.4 Å². The molecule has 0 saturated carbocycles. The Morgan fingerprint density at radius 2 is 1.71 bits per heavy atom. The number of hydrogen-bond donors (Lipinski definition) is 1. The predicted molar refractivity (Wildman–Crippen MR) is 161 cm³/mol. The van der Waals surface area contributed by atoms with Crippen molar-refractivity contribution in [3.05, 3.63) is 101 Å². The lowest BCUT2D eigenvalue weighted by Gasteiger charge is -2.22.